The average Bonchev–Trinajstić information content (AvgIpc) is 2.54. The fourth-order valence-corrected chi connectivity index (χ4v) is 2.02. The van der Waals surface area contributed by atoms with E-state index in [2.05, 4.69) is 12.2 Å². The third kappa shape index (κ3) is 2.89. The van der Waals surface area contributed by atoms with Crippen LogP contribution in [-0.2, 0) is 11.2 Å². The summed E-state index contributed by atoms with van der Waals surface area (Å²) in [4.78, 5) is 12.1. The van der Waals surface area contributed by atoms with Crippen LogP contribution in [0.25, 0.3) is 0 Å². The minimum atomic E-state index is -0.341. The second kappa shape index (κ2) is 5.71. The molecule has 0 saturated carbocycles. The van der Waals surface area contributed by atoms with Crippen LogP contribution in [0.2, 0.25) is 0 Å². The van der Waals surface area contributed by atoms with E-state index < -0.39 is 0 Å². The van der Waals surface area contributed by atoms with Gasteiger partial charge in [0.1, 0.15) is 6.26 Å². The van der Waals surface area contributed by atoms with Gasteiger partial charge >= 0.3 is 0 Å². The highest BCUT2D eigenvalue weighted by Crippen LogP contribution is 2.33. The molecule has 0 bridgehead atoms. The van der Waals surface area contributed by atoms with Gasteiger partial charge in [0, 0.05) is 5.69 Å². The van der Waals surface area contributed by atoms with Crippen molar-refractivity contribution in [3.8, 4) is 11.5 Å². The van der Waals surface area contributed by atoms with Gasteiger partial charge in [0.15, 0.2) is 11.5 Å². The van der Waals surface area contributed by atoms with E-state index in [9.17, 15) is 4.79 Å². The predicted octanol–water partition coefficient (Wildman–Crippen LogP) is 3.50. The molecule has 0 atom stereocenters. The molecule has 106 valence electrons. The average molecular weight is 281 g/mol. The predicted molar refractivity (Wildman–Crippen MR) is 80.2 cm³/mol. The van der Waals surface area contributed by atoms with Gasteiger partial charge in [0.25, 0.3) is 5.91 Å². The Morgan fingerprint density at radius 2 is 1.90 bits per heavy atom. The summed E-state index contributed by atoms with van der Waals surface area (Å²) in [5.41, 5.74) is 1.86. The molecule has 0 unspecified atom stereocenters. The van der Waals surface area contributed by atoms with E-state index in [0.29, 0.717) is 17.2 Å². The zero-order valence-corrected chi connectivity index (χ0v) is 11.6. The highest BCUT2D eigenvalue weighted by atomic mass is 16.6. The number of fused-ring (bicyclic) bond motifs is 1. The van der Waals surface area contributed by atoms with Gasteiger partial charge in [-0.3, -0.25) is 4.79 Å². The van der Waals surface area contributed by atoms with Crippen LogP contribution in [-0.4, -0.2) is 5.91 Å². The van der Waals surface area contributed by atoms with Crippen molar-refractivity contribution in [1.82, 2.24) is 0 Å². The second-order valence-corrected chi connectivity index (χ2v) is 4.66. The van der Waals surface area contributed by atoms with Crippen LogP contribution in [0, 0.1) is 0 Å². The number of aryl methyl sites for hydroxylation is 1. The van der Waals surface area contributed by atoms with Crippen molar-refractivity contribution in [3.63, 3.8) is 0 Å². The SMILES string of the molecule is CCc1ccc2c(c1)OC=C(C(=O)Nc1ccccc1)O2. The number of amides is 1. The van der Waals surface area contributed by atoms with Crippen LogP contribution in [0.15, 0.2) is 60.6 Å². The Bertz CT molecular complexity index is 692. The zero-order valence-electron chi connectivity index (χ0n) is 11.6. The van der Waals surface area contributed by atoms with Crippen LogP contribution in [0.3, 0.4) is 0 Å². The number of nitrogens with one attached hydrogen (secondary N) is 1. The highest BCUT2D eigenvalue weighted by Gasteiger charge is 2.20. The molecule has 0 aromatic heterocycles. The Hall–Kier alpha value is -2.75. The van der Waals surface area contributed by atoms with E-state index >= 15 is 0 Å². The maximum atomic E-state index is 12.1. The van der Waals surface area contributed by atoms with Crippen LogP contribution in [0.5, 0.6) is 11.5 Å². The summed E-state index contributed by atoms with van der Waals surface area (Å²) < 4.78 is 11.1. The number of carbonyl (C=O) groups is 1. The lowest BCUT2D eigenvalue weighted by atomic mass is 10.1. The summed E-state index contributed by atoms with van der Waals surface area (Å²) >= 11 is 0. The van der Waals surface area contributed by atoms with E-state index in [-0.39, 0.29) is 11.7 Å². The van der Waals surface area contributed by atoms with Gasteiger partial charge in [-0.1, -0.05) is 31.2 Å². The summed E-state index contributed by atoms with van der Waals surface area (Å²) in [6, 6.07) is 14.9. The smallest absolute Gasteiger partial charge is 0.294 e. The first-order valence-electron chi connectivity index (χ1n) is 6.80. The van der Waals surface area contributed by atoms with Crippen LogP contribution in [0.1, 0.15) is 12.5 Å². The monoisotopic (exact) mass is 281 g/mol. The third-order valence-corrected chi connectivity index (χ3v) is 3.18. The fraction of sp³-hybridized carbons (Fsp3) is 0.118. The molecular weight excluding hydrogens is 266 g/mol. The lowest BCUT2D eigenvalue weighted by Gasteiger charge is -2.18. The molecule has 1 aliphatic rings. The Balaban J connectivity index is 1.74. The van der Waals surface area contributed by atoms with Crippen LogP contribution < -0.4 is 14.8 Å². The molecule has 21 heavy (non-hydrogen) atoms. The zero-order chi connectivity index (χ0) is 14.7. The Labute approximate surface area is 123 Å². The van der Waals surface area contributed by atoms with Crippen molar-refractivity contribution in [2.24, 2.45) is 0 Å². The maximum absolute atomic E-state index is 12.1. The molecule has 3 rings (SSSR count). The van der Waals surface area contributed by atoms with E-state index in [4.69, 9.17) is 9.47 Å². The summed E-state index contributed by atoms with van der Waals surface area (Å²) in [5, 5.41) is 2.75. The standard InChI is InChI=1S/C17H15NO3/c1-2-12-8-9-14-15(10-12)20-11-16(21-14)17(19)18-13-6-4-3-5-7-13/h3-11H,2H2,1H3,(H,18,19). The third-order valence-electron chi connectivity index (χ3n) is 3.18. The minimum absolute atomic E-state index is 0.135. The molecule has 4 nitrogen and oxygen atoms in total. The molecule has 0 aliphatic carbocycles. The van der Waals surface area contributed by atoms with Crippen molar-refractivity contribution >= 4 is 11.6 Å². The van der Waals surface area contributed by atoms with E-state index in [1.807, 2.05) is 48.5 Å². The second-order valence-electron chi connectivity index (χ2n) is 4.66. The molecule has 0 saturated heterocycles. The van der Waals surface area contributed by atoms with Gasteiger partial charge in [-0.05, 0) is 36.2 Å². The Morgan fingerprint density at radius 3 is 2.67 bits per heavy atom. The molecule has 1 aliphatic heterocycles. The summed E-state index contributed by atoms with van der Waals surface area (Å²) in [6.45, 7) is 2.07. The number of ether oxygens (including phenoxy) is 2. The molecule has 0 fully saturated rings. The van der Waals surface area contributed by atoms with Gasteiger partial charge < -0.3 is 14.8 Å². The van der Waals surface area contributed by atoms with Crippen LogP contribution >= 0.6 is 0 Å². The maximum Gasteiger partial charge on any atom is 0.294 e. The van der Waals surface area contributed by atoms with Gasteiger partial charge in [-0.15, -0.1) is 0 Å². The number of para-hydroxylation sites is 1. The summed E-state index contributed by atoms with van der Waals surface area (Å²) in [6.07, 6.45) is 2.25. The minimum Gasteiger partial charge on any atom is -0.457 e. The number of benzene rings is 2. The quantitative estimate of drug-likeness (QED) is 0.936. The first-order chi connectivity index (χ1) is 10.3. The molecule has 2 aromatic rings. The van der Waals surface area contributed by atoms with Crippen LogP contribution in [0.4, 0.5) is 5.69 Å². The molecule has 1 heterocycles. The Kier molecular flexibility index (Phi) is 3.60. The van der Waals surface area contributed by atoms with Crippen molar-refractivity contribution in [2.45, 2.75) is 13.3 Å². The molecule has 0 spiro atoms. The summed E-state index contributed by atoms with van der Waals surface area (Å²) in [7, 11) is 0. The first-order valence-corrected chi connectivity index (χ1v) is 6.80. The number of anilines is 1. The van der Waals surface area contributed by atoms with Crippen molar-refractivity contribution in [2.75, 3.05) is 5.32 Å². The van der Waals surface area contributed by atoms with E-state index in [0.717, 1.165) is 12.0 Å². The lowest BCUT2D eigenvalue weighted by molar-refractivity contribution is -0.115. The number of hydrogen-bond acceptors (Lipinski definition) is 3. The Morgan fingerprint density at radius 1 is 1.10 bits per heavy atom. The molecule has 0 radical (unpaired) electrons. The number of rotatable bonds is 3. The van der Waals surface area contributed by atoms with E-state index in [1.165, 1.54) is 6.26 Å². The van der Waals surface area contributed by atoms with Crippen molar-refractivity contribution < 1.29 is 14.3 Å². The first kappa shape index (κ1) is 13.2. The molecule has 1 amide bonds. The highest BCUT2D eigenvalue weighted by molar-refractivity contribution is 6.02. The molecular formula is C17H15NO3. The van der Waals surface area contributed by atoms with Gasteiger partial charge in [-0.2, -0.15) is 0 Å². The topological polar surface area (TPSA) is 47.6 Å². The molecule has 4 heteroatoms. The van der Waals surface area contributed by atoms with E-state index in [1.54, 1.807) is 0 Å². The largest absolute Gasteiger partial charge is 0.457 e. The van der Waals surface area contributed by atoms with Crippen molar-refractivity contribution in [1.29, 1.82) is 0 Å². The van der Waals surface area contributed by atoms with Crippen molar-refractivity contribution in [3.05, 3.63) is 66.1 Å². The lowest BCUT2D eigenvalue weighted by Crippen LogP contribution is -2.21. The van der Waals surface area contributed by atoms with Gasteiger partial charge in [0.05, 0.1) is 0 Å². The van der Waals surface area contributed by atoms with Gasteiger partial charge in [0.2, 0.25) is 5.76 Å². The number of carbonyl (C=O) groups excluding carboxylic acids is 1. The fourth-order valence-electron chi connectivity index (χ4n) is 2.02. The normalized spacial score (nSPS) is 12.5. The molecule has 2 aromatic carbocycles. The molecule has 1 N–H and O–H groups in total. The summed E-state index contributed by atoms with van der Waals surface area (Å²) in [5.74, 6) is 0.973. The van der Waals surface area contributed by atoms with Gasteiger partial charge in [-0.25, -0.2) is 0 Å². The number of hydrogen-bond donors (Lipinski definition) is 1.